The highest BCUT2D eigenvalue weighted by Gasteiger charge is 2.30. The summed E-state index contributed by atoms with van der Waals surface area (Å²) in [6, 6.07) is 6.08. The van der Waals surface area contributed by atoms with Gasteiger partial charge in [0.25, 0.3) is 0 Å². The molecule has 0 aromatic rings. The minimum Gasteiger partial charge on any atom is -0.374 e. The number of rotatable bonds is 9. The van der Waals surface area contributed by atoms with Crippen LogP contribution in [0.2, 0.25) is 24.2 Å². The van der Waals surface area contributed by atoms with Crippen molar-refractivity contribution in [3.05, 3.63) is 11.8 Å². The van der Waals surface area contributed by atoms with Crippen LogP contribution in [0.5, 0.6) is 0 Å². The summed E-state index contributed by atoms with van der Waals surface area (Å²) in [5.41, 5.74) is 1.66. The molecule has 0 atom stereocenters. The molecule has 0 aromatic carbocycles. The molecule has 1 fully saturated rings. The van der Waals surface area contributed by atoms with Gasteiger partial charge in [-0.05, 0) is 19.2 Å². The number of hydrogen-bond donors (Lipinski definition) is 0. The maximum absolute atomic E-state index is 2.44. The first-order chi connectivity index (χ1) is 8.15. The second-order valence-electron chi connectivity index (χ2n) is 5.94. The van der Waals surface area contributed by atoms with Crippen molar-refractivity contribution < 1.29 is 0 Å². The maximum Gasteiger partial charge on any atom is 0.0576 e. The van der Waals surface area contributed by atoms with Crippen molar-refractivity contribution in [1.29, 1.82) is 0 Å². The molecule has 0 unspecified atom stereocenters. The monoisotopic (exact) mass is 253 g/mol. The van der Waals surface area contributed by atoms with Crippen LogP contribution >= 0.6 is 0 Å². The second-order valence-corrected chi connectivity index (χ2v) is 10.8. The second kappa shape index (κ2) is 7.25. The highest BCUT2D eigenvalue weighted by molar-refractivity contribution is 6.80. The third kappa shape index (κ3) is 5.28. The van der Waals surface area contributed by atoms with Crippen LogP contribution < -0.4 is 0 Å². The van der Waals surface area contributed by atoms with E-state index in [4.69, 9.17) is 0 Å². The fraction of sp³-hybridized carbons (Fsp3) is 0.867. The zero-order valence-corrected chi connectivity index (χ0v) is 13.4. The van der Waals surface area contributed by atoms with Crippen LogP contribution in [0.15, 0.2) is 11.8 Å². The Balaban J connectivity index is 2.63. The summed E-state index contributed by atoms with van der Waals surface area (Å²) in [5, 5.41) is 0. The Morgan fingerprint density at radius 3 is 1.82 bits per heavy atom. The van der Waals surface area contributed by atoms with Crippen LogP contribution in [0.4, 0.5) is 0 Å². The summed E-state index contributed by atoms with van der Waals surface area (Å²) in [6.45, 7) is 12.1. The van der Waals surface area contributed by atoms with Gasteiger partial charge in [-0.15, -0.1) is 0 Å². The van der Waals surface area contributed by atoms with Gasteiger partial charge in [-0.3, -0.25) is 0 Å². The molecule has 0 amide bonds. The van der Waals surface area contributed by atoms with E-state index in [1.807, 2.05) is 0 Å². The van der Waals surface area contributed by atoms with Crippen molar-refractivity contribution in [1.82, 2.24) is 4.90 Å². The Labute approximate surface area is 109 Å². The van der Waals surface area contributed by atoms with Gasteiger partial charge < -0.3 is 4.90 Å². The van der Waals surface area contributed by atoms with E-state index in [-0.39, 0.29) is 0 Å². The normalized spacial score (nSPS) is 16.5. The van der Waals surface area contributed by atoms with E-state index in [2.05, 4.69) is 38.8 Å². The number of allylic oxidation sites excluding steroid dienone is 1. The van der Waals surface area contributed by atoms with Crippen molar-refractivity contribution in [3.8, 4) is 0 Å². The van der Waals surface area contributed by atoms with E-state index < -0.39 is 8.07 Å². The Morgan fingerprint density at radius 1 is 1.00 bits per heavy atom. The molecule has 0 radical (unpaired) electrons. The summed E-state index contributed by atoms with van der Waals surface area (Å²) in [4.78, 5) is 2.44. The van der Waals surface area contributed by atoms with Crippen molar-refractivity contribution in [2.24, 2.45) is 0 Å². The molecule has 0 N–H and O–H groups in total. The third-order valence-electron chi connectivity index (χ3n) is 3.88. The van der Waals surface area contributed by atoms with Gasteiger partial charge in [0.2, 0.25) is 0 Å². The molecule has 1 heterocycles. The van der Waals surface area contributed by atoms with Crippen LogP contribution in [-0.2, 0) is 0 Å². The molecular formula is C15H31NSi. The van der Waals surface area contributed by atoms with Gasteiger partial charge in [-0.2, -0.15) is 0 Å². The lowest BCUT2D eigenvalue weighted by Crippen LogP contribution is -2.33. The van der Waals surface area contributed by atoms with Crippen LogP contribution in [0.3, 0.4) is 0 Å². The van der Waals surface area contributed by atoms with Crippen LogP contribution in [0.1, 0.15) is 47.0 Å². The average molecular weight is 254 g/mol. The Hall–Kier alpha value is -0.243. The van der Waals surface area contributed by atoms with Gasteiger partial charge in [0.15, 0.2) is 0 Å². The van der Waals surface area contributed by atoms with Gasteiger partial charge >= 0.3 is 0 Å². The largest absolute Gasteiger partial charge is 0.374 e. The Morgan fingerprint density at radius 2 is 1.47 bits per heavy atom. The summed E-state index contributed by atoms with van der Waals surface area (Å²) in [7, 11) is -0.993. The van der Waals surface area contributed by atoms with E-state index in [1.165, 1.54) is 38.4 Å². The van der Waals surface area contributed by atoms with E-state index in [0.29, 0.717) is 0 Å². The van der Waals surface area contributed by atoms with E-state index in [0.717, 1.165) is 0 Å². The smallest absolute Gasteiger partial charge is 0.0576 e. The van der Waals surface area contributed by atoms with Crippen LogP contribution in [-0.4, -0.2) is 26.1 Å². The van der Waals surface area contributed by atoms with Gasteiger partial charge in [-0.25, -0.2) is 0 Å². The summed E-state index contributed by atoms with van der Waals surface area (Å²) in [6.07, 6.45) is 6.61. The molecule has 0 bridgehead atoms. The van der Waals surface area contributed by atoms with E-state index in [1.54, 1.807) is 23.7 Å². The van der Waals surface area contributed by atoms with E-state index >= 15 is 0 Å². The molecule has 0 aliphatic carbocycles. The fourth-order valence-electron chi connectivity index (χ4n) is 3.37. The first-order valence-electron chi connectivity index (χ1n) is 7.57. The standard InChI is InChI=1S/C15H31NSi/c1-5-10-17(11-6-2,12-7-3)14-15(4)13-16-8-9-16/h13H,5-12,14H2,1-4H3. The highest BCUT2D eigenvalue weighted by atomic mass is 28.3. The summed E-state index contributed by atoms with van der Waals surface area (Å²) < 4.78 is 0. The number of nitrogens with zero attached hydrogens (tertiary/aromatic N) is 1. The molecule has 2 heteroatoms. The molecule has 1 aliphatic heterocycles. The number of hydrogen-bond acceptors (Lipinski definition) is 1. The molecule has 0 spiro atoms. The summed E-state index contributed by atoms with van der Waals surface area (Å²) >= 11 is 0. The molecule has 1 saturated heterocycles. The van der Waals surface area contributed by atoms with Crippen LogP contribution in [0, 0.1) is 0 Å². The quantitative estimate of drug-likeness (QED) is 0.418. The molecule has 1 aliphatic rings. The molecule has 0 aromatic heterocycles. The van der Waals surface area contributed by atoms with Crippen LogP contribution in [0.25, 0.3) is 0 Å². The minimum absolute atomic E-state index is 0.993. The van der Waals surface area contributed by atoms with Gasteiger partial charge in [-0.1, -0.05) is 63.7 Å². The lowest BCUT2D eigenvalue weighted by Gasteiger charge is -2.32. The Bertz CT molecular complexity index is 226. The van der Waals surface area contributed by atoms with Crippen molar-refractivity contribution in [2.45, 2.75) is 71.1 Å². The average Bonchev–Trinajstić information content (AvgIpc) is 3.02. The topological polar surface area (TPSA) is 3.01 Å². The molecule has 1 nitrogen and oxygen atoms in total. The Kier molecular flexibility index (Phi) is 6.32. The SMILES string of the molecule is CCC[Si](CCC)(CCC)CC(C)=CN1CC1. The predicted octanol–water partition coefficient (Wildman–Crippen LogP) is 4.88. The van der Waals surface area contributed by atoms with Gasteiger partial charge in [0, 0.05) is 13.1 Å². The maximum atomic E-state index is 2.44. The first kappa shape index (κ1) is 14.8. The first-order valence-corrected chi connectivity index (χ1v) is 10.4. The van der Waals surface area contributed by atoms with Crippen molar-refractivity contribution >= 4 is 8.07 Å². The van der Waals surface area contributed by atoms with Gasteiger partial charge in [0.1, 0.15) is 0 Å². The molecule has 1 rings (SSSR count). The molecular weight excluding hydrogens is 222 g/mol. The molecule has 100 valence electrons. The van der Waals surface area contributed by atoms with E-state index in [9.17, 15) is 0 Å². The van der Waals surface area contributed by atoms with Crippen molar-refractivity contribution in [3.63, 3.8) is 0 Å². The molecule has 17 heavy (non-hydrogen) atoms. The summed E-state index contributed by atoms with van der Waals surface area (Å²) in [5.74, 6) is 0. The third-order valence-corrected chi connectivity index (χ3v) is 9.87. The zero-order chi connectivity index (χ0) is 12.7. The van der Waals surface area contributed by atoms with Crippen molar-refractivity contribution in [2.75, 3.05) is 13.1 Å². The fourth-order valence-corrected chi connectivity index (χ4v) is 9.10. The lowest BCUT2D eigenvalue weighted by atomic mass is 10.4. The highest BCUT2D eigenvalue weighted by Crippen LogP contribution is 2.33. The predicted molar refractivity (Wildman–Crippen MR) is 81.2 cm³/mol. The minimum atomic E-state index is -0.993. The molecule has 0 saturated carbocycles. The lowest BCUT2D eigenvalue weighted by molar-refractivity contribution is 0.759. The zero-order valence-electron chi connectivity index (χ0n) is 12.4. The van der Waals surface area contributed by atoms with Gasteiger partial charge in [0.05, 0.1) is 8.07 Å².